The van der Waals surface area contributed by atoms with E-state index in [9.17, 15) is 4.79 Å². The molecule has 0 aliphatic rings. The summed E-state index contributed by atoms with van der Waals surface area (Å²) in [5.41, 5.74) is -0.490. The van der Waals surface area contributed by atoms with Gasteiger partial charge in [-0.05, 0) is 5.92 Å². The molecule has 0 aromatic heterocycles. The minimum Gasteiger partial charge on any atom is -0.446 e. The number of carbonyl (C=O) groups is 1. The number of alkyl halides is 1. The van der Waals surface area contributed by atoms with Crippen LogP contribution in [0.25, 0.3) is 0 Å². The Hall–Kier alpha value is -0.240. The highest BCUT2D eigenvalue weighted by Gasteiger charge is 2.15. The predicted octanol–water partition coefficient (Wildman–Crippen LogP) is 2.80. The van der Waals surface area contributed by atoms with Crippen LogP contribution in [0.15, 0.2) is 0 Å². The van der Waals surface area contributed by atoms with Crippen molar-refractivity contribution in [2.75, 3.05) is 0 Å². The van der Waals surface area contributed by atoms with Gasteiger partial charge >= 0.3 is 5.97 Å². The first-order valence-corrected chi connectivity index (χ1v) is 4.70. The molecule has 1 unspecified atom stereocenters. The molecule has 0 rings (SSSR count). The summed E-state index contributed by atoms with van der Waals surface area (Å²) in [6.45, 7) is 7.78. The lowest BCUT2D eigenvalue weighted by molar-refractivity contribution is -0.147. The molecule has 0 amide bonds. The predicted molar refractivity (Wildman–Crippen MR) is 50.0 cm³/mol. The zero-order valence-electron chi connectivity index (χ0n) is 8.13. The van der Waals surface area contributed by atoms with Gasteiger partial charge in [-0.15, -0.1) is 0 Å². The van der Waals surface area contributed by atoms with Crippen molar-refractivity contribution in [3.8, 4) is 0 Å². The Morgan fingerprint density at radius 3 is 2.17 bits per heavy atom. The van der Waals surface area contributed by atoms with Gasteiger partial charge in [0.2, 0.25) is 0 Å². The van der Waals surface area contributed by atoms with Crippen molar-refractivity contribution < 1.29 is 9.53 Å². The van der Waals surface area contributed by atoms with Crippen molar-refractivity contribution in [3.63, 3.8) is 0 Å². The number of hydrogen-bond donors (Lipinski definition) is 0. The second-order valence-electron chi connectivity index (χ2n) is 3.68. The van der Waals surface area contributed by atoms with Crippen LogP contribution >= 0.6 is 11.6 Å². The van der Waals surface area contributed by atoms with Crippen LogP contribution in [0.4, 0.5) is 0 Å². The maximum atomic E-state index is 11.1. The number of carbonyl (C=O) groups excluding carboxylic acids is 1. The highest BCUT2D eigenvalue weighted by Crippen LogP contribution is 2.13. The Kier molecular flexibility index (Phi) is 5.31. The van der Waals surface area contributed by atoms with Crippen LogP contribution in [0.5, 0.6) is 0 Å². The molecule has 0 saturated carbocycles. The maximum Gasteiger partial charge on any atom is 0.307 e. The van der Waals surface area contributed by atoms with Crippen molar-refractivity contribution >= 4 is 17.6 Å². The molecule has 0 aliphatic heterocycles. The molecule has 0 aromatic carbocycles. The van der Waals surface area contributed by atoms with E-state index >= 15 is 0 Å². The van der Waals surface area contributed by atoms with Crippen molar-refractivity contribution in [3.05, 3.63) is 0 Å². The van der Waals surface area contributed by atoms with Gasteiger partial charge in [-0.25, -0.2) is 0 Å². The molecule has 0 heterocycles. The zero-order chi connectivity index (χ0) is 9.72. The third-order valence-corrected chi connectivity index (χ3v) is 1.94. The van der Waals surface area contributed by atoms with Gasteiger partial charge in [-0.2, -0.15) is 0 Å². The molecule has 1 atom stereocenters. The van der Waals surface area contributed by atoms with Gasteiger partial charge in [-0.3, -0.25) is 4.79 Å². The summed E-state index contributed by atoms with van der Waals surface area (Å²) in [5.74, 6) is 0.287. The SMILES string of the molecule is CC(C)CC(=O)OC(Cl)C(C)C. The Balaban J connectivity index is 3.69. The summed E-state index contributed by atoms with van der Waals surface area (Å²) in [6, 6.07) is 0. The van der Waals surface area contributed by atoms with Gasteiger partial charge in [0.15, 0.2) is 5.56 Å². The number of hydrogen-bond acceptors (Lipinski definition) is 2. The summed E-state index contributed by atoms with van der Waals surface area (Å²) < 4.78 is 4.95. The monoisotopic (exact) mass is 192 g/mol. The van der Waals surface area contributed by atoms with Crippen molar-refractivity contribution in [1.29, 1.82) is 0 Å². The third kappa shape index (κ3) is 5.42. The Morgan fingerprint density at radius 2 is 1.83 bits per heavy atom. The Labute approximate surface area is 79.2 Å². The fourth-order valence-corrected chi connectivity index (χ4v) is 0.742. The van der Waals surface area contributed by atoms with Gasteiger partial charge < -0.3 is 4.74 Å². The standard InChI is InChI=1S/C9H17ClO2/c1-6(2)5-8(11)12-9(10)7(3)4/h6-7,9H,5H2,1-4H3. The summed E-state index contributed by atoms with van der Waals surface area (Å²) in [4.78, 5) is 11.1. The maximum absolute atomic E-state index is 11.1. The largest absolute Gasteiger partial charge is 0.446 e. The van der Waals surface area contributed by atoms with E-state index < -0.39 is 5.56 Å². The zero-order valence-corrected chi connectivity index (χ0v) is 8.89. The average molecular weight is 193 g/mol. The van der Waals surface area contributed by atoms with E-state index in [1.54, 1.807) is 0 Å². The van der Waals surface area contributed by atoms with Gasteiger partial charge in [0.1, 0.15) is 0 Å². The molecule has 0 bridgehead atoms. The molecule has 72 valence electrons. The molecule has 3 heteroatoms. The van der Waals surface area contributed by atoms with Crippen molar-refractivity contribution in [2.24, 2.45) is 11.8 Å². The van der Waals surface area contributed by atoms with E-state index in [-0.39, 0.29) is 11.9 Å². The Bertz CT molecular complexity index is 143. The van der Waals surface area contributed by atoms with E-state index in [4.69, 9.17) is 16.3 Å². The molecule has 0 aromatic rings. The number of ether oxygens (including phenoxy) is 1. The summed E-state index contributed by atoms with van der Waals surface area (Å²) >= 11 is 5.75. The van der Waals surface area contributed by atoms with Crippen LogP contribution in [0.2, 0.25) is 0 Å². The lowest BCUT2D eigenvalue weighted by Crippen LogP contribution is -2.18. The molecule has 0 fully saturated rings. The lowest BCUT2D eigenvalue weighted by Gasteiger charge is -2.14. The average Bonchev–Trinajstić information content (AvgIpc) is 1.84. The van der Waals surface area contributed by atoms with E-state index in [1.807, 2.05) is 27.7 Å². The van der Waals surface area contributed by atoms with Crippen LogP contribution in [-0.4, -0.2) is 11.5 Å². The summed E-state index contributed by atoms with van der Waals surface area (Å²) in [6.07, 6.45) is 0.440. The first kappa shape index (κ1) is 11.8. The molecule has 0 radical (unpaired) electrons. The molecule has 0 aliphatic carbocycles. The second-order valence-corrected chi connectivity index (χ2v) is 4.11. The summed E-state index contributed by atoms with van der Waals surface area (Å²) in [7, 11) is 0. The minimum atomic E-state index is -0.490. The van der Waals surface area contributed by atoms with Gasteiger partial charge in [0, 0.05) is 12.3 Å². The van der Waals surface area contributed by atoms with Crippen LogP contribution in [-0.2, 0) is 9.53 Å². The molecule has 0 N–H and O–H groups in total. The highest BCUT2D eigenvalue weighted by atomic mass is 35.5. The molecule has 0 spiro atoms. The minimum absolute atomic E-state index is 0.169. The Morgan fingerprint density at radius 1 is 1.33 bits per heavy atom. The smallest absolute Gasteiger partial charge is 0.307 e. The van der Waals surface area contributed by atoms with Gasteiger partial charge in [0.25, 0.3) is 0 Å². The van der Waals surface area contributed by atoms with E-state index in [0.717, 1.165) is 0 Å². The van der Waals surface area contributed by atoms with Crippen molar-refractivity contribution in [1.82, 2.24) is 0 Å². The fraction of sp³-hybridized carbons (Fsp3) is 0.889. The molecule has 12 heavy (non-hydrogen) atoms. The highest BCUT2D eigenvalue weighted by molar-refractivity contribution is 6.20. The molecule has 2 nitrogen and oxygen atoms in total. The number of rotatable bonds is 4. The number of esters is 1. The fourth-order valence-electron chi connectivity index (χ4n) is 0.643. The number of halogens is 1. The van der Waals surface area contributed by atoms with Crippen molar-refractivity contribution in [2.45, 2.75) is 39.7 Å². The third-order valence-electron chi connectivity index (χ3n) is 1.34. The lowest BCUT2D eigenvalue weighted by atomic mass is 10.1. The van der Waals surface area contributed by atoms with Crippen LogP contribution in [0, 0.1) is 11.8 Å². The van der Waals surface area contributed by atoms with Gasteiger partial charge in [0.05, 0.1) is 0 Å². The molecular formula is C9H17ClO2. The van der Waals surface area contributed by atoms with Gasteiger partial charge in [-0.1, -0.05) is 39.3 Å². The van der Waals surface area contributed by atoms with E-state index in [1.165, 1.54) is 0 Å². The van der Waals surface area contributed by atoms with E-state index in [2.05, 4.69) is 0 Å². The first-order valence-electron chi connectivity index (χ1n) is 4.27. The van der Waals surface area contributed by atoms with Crippen LogP contribution in [0.1, 0.15) is 34.1 Å². The molecule has 0 saturated heterocycles. The second kappa shape index (κ2) is 5.41. The normalized spacial score (nSPS) is 13.6. The van der Waals surface area contributed by atoms with Crippen LogP contribution in [0.3, 0.4) is 0 Å². The first-order chi connectivity index (χ1) is 5.43. The molecular weight excluding hydrogens is 176 g/mol. The van der Waals surface area contributed by atoms with E-state index in [0.29, 0.717) is 12.3 Å². The quantitative estimate of drug-likeness (QED) is 0.506. The topological polar surface area (TPSA) is 26.3 Å². The van der Waals surface area contributed by atoms with Crippen LogP contribution < -0.4 is 0 Å². The summed E-state index contributed by atoms with van der Waals surface area (Å²) in [5, 5.41) is 0.